The average molecular weight is 366 g/mol. The quantitative estimate of drug-likeness (QED) is 0.339. The Balaban J connectivity index is 1.65. The summed E-state index contributed by atoms with van der Waals surface area (Å²) in [6, 6.07) is 19.5. The Hall–Kier alpha value is -2.05. The molecule has 0 atom stereocenters. The van der Waals surface area contributed by atoms with Gasteiger partial charge in [-0.1, -0.05) is 75.6 Å². The molecule has 0 amide bonds. The van der Waals surface area contributed by atoms with Crippen molar-refractivity contribution in [2.45, 2.75) is 57.8 Å². The van der Waals surface area contributed by atoms with Gasteiger partial charge in [-0.15, -0.1) is 0 Å². The van der Waals surface area contributed by atoms with Crippen molar-refractivity contribution in [1.29, 1.82) is 5.26 Å². The highest BCUT2D eigenvalue weighted by molar-refractivity contribution is 6.76. The van der Waals surface area contributed by atoms with Crippen molar-refractivity contribution >= 4 is 8.07 Å². The summed E-state index contributed by atoms with van der Waals surface area (Å²) in [4.78, 5) is 0. The fraction of sp³-hybridized carbons (Fsp3) is 0.435. The summed E-state index contributed by atoms with van der Waals surface area (Å²) in [7, 11) is -0.850. The normalized spacial score (nSPS) is 11.2. The third kappa shape index (κ3) is 7.45. The van der Waals surface area contributed by atoms with Gasteiger partial charge < -0.3 is 4.74 Å². The van der Waals surface area contributed by atoms with Crippen LogP contribution in [0.1, 0.15) is 37.7 Å². The molecule has 0 aliphatic rings. The third-order valence-corrected chi connectivity index (χ3v) is 6.40. The van der Waals surface area contributed by atoms with E-state index < -0.39 is 8.07 Å². The summed E-state index contributed by atoms with van der Waals surface area (Å²) in [6.07, 6.45) is 6.47. The summed E-state index contributed by atoms with van der Waals surface area (Å²) in [6.45, 7) is 8.15. The highest BCUT2D eigenvalue weighted by Crippen LogP contribution is 2.23. The Kier molecular flexibility index (Phi) is 7.93. The van der Waals surface area contributed by atoms with Crippen LogP contribution < -0.4 is 4.74 Å². The Morgan fingerprint density at radius 3 is 1.88 bits per heavy atom. The Bertz CT molecular complexity index is 693. The van der Waals surface area contributed by atoms with Crippen LogP contribution in [0.25, 0.3) is 11.1 Å². The maximum atomic E-state index is 8.87. The highest BCUT2D eigenvalue weighted by Gasteiger charge is 2.11. The molecule has 2 aromatic rings. The van der Waals surface area contributed by atoms with Crippen LogP contribution in [0.2, 0.25) is 25.7 Å². The lowest BCUT2D eigenvalue weighted by Crippen LogP contribution is -2.18. The maximum Gasteiger partial charge on any atom is 0.119 e. The molecule has 0 unspecified atom stereocenters. The van der Waals surface area contributed by atoms with E-state index in [-0.39, 0.29) is 0 Å². The molecule has 0 aliphatic heterocycles. The molecule has 2 aromatic carbocycles. The Morgan fingerprint density at radius 2 is 1.31 bits per heavy atom. The zero-order valence-electron chi connectivity index (χ0n) is 16.4. The molecule has 0 aromatic heterocycles. The lowest BCUT2D eigenvalue weighted by Gasteiger charge is -2.14. The van der Waals surface area contributed by atoms with E-state index in [0.29, 0.717) is 5.56 Å². The molecular weight excluding hydrogens is 334 g/mol. The molecule has 138 valence electrons. The topological polar surface area (TPSA) is 33.0 Å². The minimum atomic E-state index is -0.850. The van der Waals surface area contributed by atoms with E-state index in [1.54, 1.807) is 0 Å². The van der Waals surface area contributed by atoms with Crippen LogP contribution >= 0.6 is 0 Å². The van der Waals surface area contributed by atoms with Crippen LogP contribution in [0.4, 0.5) is 0 Å². The number of hydrogen-bond donors (Lipinski definition) is 0. The molecule has 0 bridgehead atoms. The zero-order chi connectivity index (χ0) is 18.8. The first kappa shape index (κ1) is 20.3. The van der Waals surface area contributed by atoms with Gasteiger partial charge >= 0.3 is 0 Å². The van der Waals surface area contributed by atoms with Gasteiger partial charge in [0.25, 0.3) is 0 Å². The van der Waals surface area contributed by atoms with Crippen LogP contribution in [0.3, 0.4) is 0 Å². The molecule has 26 heavy (non-hydrogen) atoms. The Labute approximate surface area is 159 Å². The van der Waals surface area contributed by atoms with Gasteiger partial charge in [-0.05, 0) is 41.8 Å². The summed E-state index contributed by atoms with van der Waals surface area (Å²) >= 11 is 0. The first-order valence-electron chi connectivity index (χ1n) is 9.71. The summed E-state index contributed by atoms with van der Waals surface area (Å²) < 4.78 is 5.86. The SMILES string of the molecule is C[Si](C)(C)CCCCCCCOc1ccc(-c2ccc(C#N)cc2)cc1. The molecule has 0 N–H and O–H groups in total. The predicted octanol–water partition coefficient (Wildman–Crippen LogP) is 6.89. The maximum absolute atomic E-state index is 8.87. The van der Waals surface area contributed by atoms with Crippen molar-refractivity contribution in [3.63, 3.8) is 0 Å². The number of hydrogen-bond acceptors (Lipinski definition) is 2. The number of nitrogens with zero attached hydrogens (tertiary/aromatic N) is 1. The summed E-state index contributed by atoms with van der Waals surface area (Å²) in [5.41, 5.74) is 2.95. The van der Waals surface area contributed by atoms with Gasteiger partial charge in [0, 0.05) is 8.07 Å². The second-order valence-corrected chi connectivity index (χ2v) is 13.8. The predicted molar refractivity (Wildman–Crippen MR) is 113 cm³/mol. The van der Waals surface area contributed by atoms with E-state index in [0.717, 1.165) is 29.9 Å². The van der Waals surface area contributed by atoms with E-state index in [4.69, 9.17) is 10.00 Å². The fourth-order valence-electron chi connectivity index (χ4n) is 2.96. The largest absolute Gasteiger partial charge is 0.494 e. The highest BCUT2D eigenvalue weighted by atomic mass is 28.3. The smallest absolute Gasteiger partial charge is 0.119 e. The molecule has 0 heterocycles. The number of unbranched alkanes of at least 4 members (excludes halogenated alkanes) is 4. The van der Waals surface area contributed by atoms with Crippen molar-refractivity contribution < 1.29 is 4.74 Å². The number of nitriles is 1. The molecule has 0 saturated carbocycles. The van der Waals surface area contributed by atoms with Crippen LogP contribution in [0.5, 0.6) is 5.75 Å². The average Bonchev–Trinajstić information content (AvgIpc) is 2.63. The third-order valence-electron chi connectivity index (χ3n) is 4.54. The van der Waals surface area contributed by atoms with E-state index in [1.807, 2.05) is 36.4 Å². The number of benzene rings is 2. The van der Waals surface area contributed by atoms with Crippen molar-refractivity contribution in [2.24, 2.45) is 0 Å². The lowest BCUT2D eigenvalue weighted by atomic mass is 10.0. The van der Waals surface area contributed by atoms with Gasteiger partial charge in [-0.25, -0.2) is 0 Å². The first-order chi connectivity index (χ1) is 12.5. The van der Waals surface area contributed by atoms with Crippen molar-refractivity contribution in [2.75, 3.05) is 6.61 Å². The van der Waals surface area contributed by atoms with Crippen molar-refractivity contribution in [3.05, 3.63) is 54.1 Å². The molecule has 3 heteroatoms. The molecule has 0 saturated heterocycles. The zero-order valence-corrected chi connectivity index (χ0v) is 17.4. The Morgan fingerprint density at radius 1 is 0.769 bits per heavy atom. The minimum absolute atomic E-state index is 0.689. The van der Waals surface area contributed by atoms with Crippen molar-refractivity contribution in [3.8, 4) is 22.9 Å². The molecule has 0 radical (unpaired) electrons. The van der Waals surface area contributed by atoms with Crippen LogP contribution in [0, 0.1) is 11.3 Å². The van der Waals surface area contributed by atoms with E-state index in [2.05, 4.69) is 37.8 Å². The molecule has 0 aliphatic carbocycles. The molecule has 0 spiro atoms. The van der Waals surface area contributed by atoms with Gasteiger partial charge in [0.15, 0.2) is 0 Å². The van der Waals surface area contributed by atoms with Gasteiger partial charge in [-0.2, -0.15) is 5.26 Å². The van der Waals surface area contributed by atoms with Gasteiger partial charge in [0.05, 0.1) is 18.2 Å². The minimum Gasteiger partial charge on any atom is -0.494 e. The lowest BCUT2D eigenvalue weighted by molar-refractivity contribution is 0.304. The monoisotopic (exact) mass is 365 g/mol. The molecule has 2 nitrogen and oxygen atoms in total. The number of rotatable bonds is 10. The van der Waals surface area contributed by atoms with Gasteiger partial charge in [-0.3, -0.25) is 0 Å². The number of ether oxygens (including phenoxy) is 1. The molecule has 0 fully saturated rings. The van der Waals surface area contributed by atoms with Gasteiger partial charge in [0.1, 0.15) is 5.75 Å². The van der Waals surface area contributed by atoms with E-state index >= 15 is 0 Å². The van der Waals surface area contributed by atoms with Crippen LogP contribution in [-0.4, -0.2) is 14.7 Å². The molecular formula is C23H31NOSi. The van der Waals surface area contributed by atoms with E-state index in [1.165, 1.54) is 31.7 Å². The second kappa shape index (κ2) is 10.2. The van der Waals surface area contributed by atoms with Gasteiger partial charge in [0.2, 0.25) is 0 Å². The second-order valence-electron chi connectivity index (χ2n) is 8.14. The van der Waals surface area contributed by atoms with E-state index in [9.17, 15) is 0 Å². The first-order valence-corrected chi connectivity index (χ1v) is 13.4. The van der Waals surface area contributed by atoms with Crippen LogP contribution in [0.15, 0.2) is 48.5 Å². The summed E-state index contributed by atoms with van der Waals surface area (Å²) in [5, 5.41) is 8.87. The standard InChI is InChI=1S/C23H31NOSi/c1-26(2,3)18-8-6-4-5-7-17-25-23-15-13-22(14-16-23)21-11-9-20(19-24)10-12-21/h9-16H,4-8,17-18H2,1-3H3. The molecule has 2 rings (SSSR count). The summed E-state index contributed by atoms with van der Waals surface area (Å²) in [5.74, 6) is 0.932. The van der Waals surface area contributed by atoms with Crippen LogP contribution in [-0.2, 0) is 0 Å². The van der Waals surface area contributed by atoms with Crippen molar-refractivity contribution in [1.82, 2.24) is 0 Å². The fourth-order valence-corrected chi connectivity index (χ4v) is 4.27.